The van der Waals surface area contributed by atoms with E-state index < -0.39 is 6.61 Å². The van der Waals surface area contributed by atoms with Crippen LogP contribution in [0.2, 0.25) is 0 Å². The lowest BCUT2D eigenvalue weighted by Gasteiger charge is -2.45. The van der Waals surface area contributed by atoms with Crippen molar-refractivity contribution in [3.63, 3.8) is 0 Å². The van der Waals surface area contributed by atoms with E-state index in [2.05, 4.69) is 58.6 Å². The summed E-state index contributed by atoms with van der Waals surface area (Å²) < 4.78 is 28.9. The summed E-state index contributed by atoms with van der Waals surface area (Å²) in [5, 5.41) is 3.05. The van der Waals surface area contributed by atoms with E-state index in [0.717, 1.165) is 6.42 Å². The monoisotopic (exact) mass is 405 g/mol. The molecule has 6 rings (SSSR count). The van der Waals surface area contributed by atoms with Gasteiger partial charge in [-0.15, -0.1) is 0 Å². The van der Waals surface area contributed by atoms with Gasteiger partial charge < -0.3 is 10.1 Å². The highest BCUT2D eigenvalue weighted by molar-refractivity contribution is 5.94. The Morgan fingerprint density at radius 1 is 0.900 bits per heavy atom. The molecule has 1 unspecified atom stereocenters. The highest BCUT2D eigenvalue weighted by atomic mass is 19.3. The molecule has 1 N–H and O–H groups in total. The zero-order valence-corrected chi connectivity index (χ0v) is 16.2. The third kappa shape index (κ3) is 3.24. The molecule has 3 aromatic carbocycles. The lowest BCUT2D eigenvalue weighted by molar-refractivity contribution is -0.0498. The fourth-order valence-corrected chi connectivity index (χ4v) is 5.07. The second kappa shape index (κ2) is 7.56. The smallest absolute Gasteiger partial charge is 0.387 e. The molecule has 152 valence electrons. The Hall–Kier alpha value is -3.21. The molecular weight excluding hydrogens is 384 g/mol. The predicted octanol–water partition coefficient (Wildman–Crippen LogP) is 5.32. The second-order valence-electron chi connectivity index (χ2n) is 7.90. The number of halogens is 2. The van der Waals surface area contributed by atoms with E-state index in [4.69, 9.17) is 0 Å². The molecule has 5 heteroatoms. The standard InChI is InChI=1S/C25H21F2NO2/c26-25(27)30-17-11-9-15(10-12-17)24(29)28-14-16-13-22-18-5-1-3-7-20(18)23(16)21-8-4-2-6-19(21)22/h1-12,16,22-23,25H,13-14H2,(H,28,29). The van der Waals surface area contributed by atoms with Crippen LogP contribution >= 0.6 is 0 Å². The van der Waals surface area contributed by atoms with Gasteiger partial charge in [0.05, 0.1) is 0 Å². The Kier molecular flexibility index (Phi) is 4.74. The van der Waals surface area contributed by atoms with Crippen molar-refractivity contribution in [2.24, 2.45) is 5.92 Å². The Balaban J connectivity index is 1.33. The van der Waals surface area contributed by atoms with E-state index in [1.165, 1.54) is 46.5 Å². The molecular formula is C25H21F2NO2. The topological polar surface area (TPSA) is 38.3 Å². The fourth-order valence-electron chi connectivity index (χ4n) is 5.07. The summed E-state index contributed by atoms with van der Waals surface area (Å²) in [5.41, 5.74) is 5.95. The summed E-state index contributed by atoms with van der Waals surface area (Å²) in [6, 6.07) is 23.0. The van der Waals surface area contributed by atoms with Crippen molar-refractivity contribution in [1.82, 2.24) is 5.32 Å². The summed E-state index contributed by atoms with van der Waals surface area (Å²) >= 11 is 0. The lowest BCUT2D eigenvalue weighted by Crippen LogP contribution is -2.39. The molecule has 3 nitrogen and oxygen atoms in total. The van der Waals surface area contributed by atoms with Crippen molar-refractivity contribution >= 4 is 5.91 Å². The third-order valence-corrected chi connectivity index (χ3v) is 6.29. The van der Waals surface area contributed by atoms with Crippen LogP contribution in [0.1, 0.15) is 50.9 Å². The van der Waals surface area contributed by atoms with Crippen molar-refractivity contribution in [1.29, 1.82) is 0 Å². The Morgan fingerprint density at radius 2 is 1.47 bits per heavy atom. The van der Waals surface area contributed by atoms with Gasteiger partial charge >= 0.3 is 6.61 Å². The first-order chi connectivity index (χ1) is 14.6. The minimum atomic E-state index is -2.88. The van der Waals surface area contributed by atoms with Crippen molar-refractivity contribution in [2.45, 2.75) is 24.9 Å². The van der Waals surface area contributed by atoms with Crippen LogP contribution in [0.25, 0.3) is 0 Å². The molecule has 1 amide bonds. The molecule has 3 aliphatic rings. The molecule has 0 aliphatic heterocycles. The minimum absolute atomic E-state index is 0.0411. The molecule has 30 heavy (non-hydrogen) atoms. The van der Waals surface area contributed by atoms with Crippen molar-refractivity contribution in [3.05, 3.63) is 101 Å². The van der Waals surface area contributed by atoms with Crippen LogP contribution < -0.4 is 10.1 Å². The molecule has 0 spiro atoms. The Labute approximate surface area is 173 Å². The number of carbonyl (C=O) groups excluding carboxylic acids is 1. The second-order valence-corrected chi connectivity index (χ2v) is 7.90. The Bertz CT molecular complexity index is 1030. The number of benzene rings is 3. The van der Waals surface area contributed by atoms with E-state index in [0.29, 0.717) is 23.9 Å². The summed E-state index contributed by atoms with van der Waals surface area (Å²) in [5.74, 6) is 0.769. The number of nitrogens with one attached hydrogen (secondary N) is 1. The van der Waals surface area contributed by atoms with Gasteiger partial charge in [-0.3, -0.25) is 4.79 Å². The first-order valence-corrected chi connectivity index (χ1v) is 10.1. The number of rotatable bonds is 5. The number of hydrogen-bond donors (Lipinski definition) is 1. The predicted molar refractivity (Wildman–Crippen MR) is 110 cm³/mol. The van der Waals surface area contributed by atoms with Gasteiger partial charge in [-0.25, -0.2) is 0 Å². The van der Waals surface area contributed by atoms with E-state index in [-0.39, 0.29) is 17.6 Å². The number of ether oxygens (including phenoxy) is 1. The Morgan fingerprint density at radius 3 is 2.03 bits per heavy atom. The number of alkyl halides is 2. The molecule has 1 atom stereocenters. The maximum Gasteiger partial charge on any atom is 0.387 e. The lowest BCUT2D eigenvalue weighted by atomic mass is 9.59. The number of carbonyl (C=O) groups is 1. The van der Waals surface area contributed by atoms with Gasteiger partial charge in [-0.05, 0) is 58.9 Å². The van der Waals surface area contributed by atoms with Crippen molar-refractivity contribution < 1.29 is 18.3 Å². The van der Waals surface area contributed by atoms with Crippen LogP contribution in [0.5, 0.6) is 5.75 Å². The van der Waals surface area contributed by atoms with E-state index in [1.54, 1.807) is 0 Å². The summed E-state index contributed by atoms with van der Waals surface area (Å²) in [7, 11) is 0. The van der Waals surface area contributed by atoms with Gasteiger partial charge in [0, 0.05) is 23.9 Å². The zero-order valence-electron chi connectivity index (χ0n) is 16.2. The van der Waals surface area contributed by atoms with Gasteiger partial charge in [0.1, 0.15) is 5.75 Å². The maximum absolute atomic E-state index is 12.6. The molecule has 0 heterocycles. The highest BCUT2D eigenvalue weighted by Crippen LogP contribution is 2.55. The molecule has 0 fully saturated rings. The van der Waals surface area contributed by atoms with Crippen LogP contribution in [-0.2, 0) is 0 Å². The molecule has 0 radical (unpaired) electrons. The highest BCUT2D eigenvalue weighted by Gasteiger charge is 2.42. The number of amides is 1. The third-order valence-electron chi connectivity index (χ3n) is 6.29. The number of hydrogen-bond acceptors (Lipinski definition) is 2. The van der Waals surface area contributed by atoms with Crippen LogP contribution in [0.4, 0.5) is 8.78 Å². The van der Waals surface area contributed by atoms with Crippen LogP contribution in [0.15, 0.2) is 72.8 Å². The largest absolute Gasteiger partial charge is 0.435 e. The zero-order chi connectivity index (χ0) is 20.7. The molecule has 3 aliphatic carbocycles. The molecule has 0 saturated carbocycles. The summed E-state index contributed by atoms with van der Waals surface area (Å²) in [4.78, 5) is 12.6. The maximum atomic E-state index is 12.6. The molecule has 0 saturated heterocycles. The first kappa shape index (κ1) is 18.8. The van der Waals surface area contributed by atoms with Crippen molar-refractivity contribution in [3.8, 4) is 5.75 Å². The van der Waals surface area contributed by atoms with Crippen LogP contribution in [0, 0.1) is 5.92 Å². The quantitative estimate of drug-likeness (QED) is 0.624. The average Bonchev–Trinajstić information content (AvgIpc) is 2.78. The number of fused-ring (bicyclic) bond motifs is 1. The SMILES string of the molecule is O=C(NCC1CC2c3ccccc3C1c1ccccc12)c1ccc(OC(F)F)cc1. The minimum Gasteiger partial charge on any atom is -0.435 e. The van der Waals surface area contributed by atoms with Gasteiger partial charge in [0.25, 0.3) is 5.91 Å². The molecule has 2 bridgehead atoms. The van der Waals surface area contributed by atoms with Gasteiger partial charge in [0.15, 0.2) is 0 Å². The van der Waals surface area contributed by atoms with Gasteiger partial charge in [0.2, 0.25) is 0 Å². The molecule has 0 aromatic heterocycles. The normalized spacial score (nSPS) is 21.1. The van der Waals surface area contributed by atoms with Gasteiger partial charge in [-0.2, -0.15) is 8.78 Å². The van der Waals surface area contributed by atoms with Crippen LogP contribution in [-0.4, -0.2) is 19.1 Å². The summed E-state index contributed by atoms with van der Waals surface area (Å²) in [6.45, 7) is -2.31. The molecule has 3 aromatic rings. The van der Waals surface area contributed by atoms with E-state index in [1.807, 2.05) is 0 Å². The van der Waals surface area contributed by atoms with Gasteiger partial charge in [-0.1, -0.05) is 48.5 Å². The van der Waals surface area contributed by atoms with E-state index in [9.17, 15) is 13.6 Å². The summed E-state index contributed by atoms with van der Waals surface area (Å²) in [6.07, 6.45) is 1.00. The van der Waals surface area contributed by atoms with E-state index >= 15 is 0 Å². The average molecular weight is 405 g/mol. The van der Waals surface area contributed by atoms with Crippen LogP contribution in [0.3, 0.4) is 0 Å². The van der Waals surface area contributed by atoms with Crippen molar-refractivity contribution in [2.75, 3.05) is 6.54 Å². The first-order valence-electron chi connectivity index (χ1n) is 10.1. The fraction of sp³-hybridized carbons (Fsp3) is 0.240.